The highest BCUT2D eigenvalue weighted by atomic mass is 32.1. The number of nitrogens with zero attached hydrogens (tertiary/aromatic N) is 2. The van der Waals surface area contributed by atoms with Gasteiger partial charge < -0.3 is 10.3 Å². The molecule has 0 saturated carbocycles. The van der Waals surface area contributed by atoms with E-state index in [4.69, 9.17) is 5.73 Å². The van der Waals surface area contributed by atoms with E-state index in [2.05, 4.69) is 27.9 Å². The van der Waals surface area contributed by atoms with Gasteiger partial charge in [-0.25, -0.2) is 4.98 Å². The molecule has 14 heavy (non-hydrogen) atoms. The lowest BCUT2D eigenvalue weighted by Crippen LogP contribution is -2.08. The maximum atomic E-state index is 5.57. The molecule has 2 aromatic rings. The van der Waals surface area contributed by atoms with E-state index in [-0.39, 0.29) is 0 Å². The van der Waals surface area contributed by atoms with E-state index in [1.165, 1.54) is 10.4 Å². The molecule has 4 heteroatoms. The molecule has 0 aliphatic heterocycles. The molecule has 2 heterocycles. The van der Waals surface area contributed by atoms with E-state index in [0.717, 1.165) is 12.4 Å². The second-order valence-electron chi connectivity index (χ2n) is 3.24. The molecule has 0 bridgehead atoms. The number of thiophene rings is 1. The van der Waals surface area contributed by atoms with Crippen molar-refractivity contribution in [3.8, 4) is 0 Å². The van der Waals surface area contributed by atoms with Crippen LogP contribution in [0, 0.1) is 6.92 Å². The molecule has 3 nitrogen and oxygen atoms in total. The highest BCUT2D eigenvalue weighted by molar-refractivity contribution is 7.10. The van der Waals surface area contributed by atoms with Gasteiger partial charge in [-0.05, 0) is 23.9 Å². The summed E-state index contributed by atoms with van der Waals surface area (Å²) in [4.78, 5) is 5.52. The highest BCUT2D eigenvalue weighted by Gasteiger charge is 2.02. The molecule has 2 aromatic heterocycles. The minimum atomic E-state index is 0.496. The molecule has 74 valence electrons. The normalized spacial score (nSPS) is 10.7. The van der Waals surface area contributed by atoms with Gasteiger partial charge in [-0.15, -0.1) is 11.3 Å². The van der Waals surface area contributed by atoms with Gasteiger partial charge in [0.1, 0.15) is 5.82 Å². The molecule has 0 aromatic carbocycles. The van der Waals surface area contributed by atoms with Crippen molar-refractivity contribution in [2.75, 3.05) is 0 Å². The lowest BCUT2D eigenvalue weighted by atomic mass is 10.3. The fourth-order valence-electron chi connectivity index (χ4n) is 1.45. The summed E-state index contributed by atoms with van der Waals surface area (Å²) in [6.45, 7) is 3.49. The van der Waals surface area contributed by atoms with Crippen LogP contribution in [0.3, 0.4) is 0 Å². The van der Waals surface area contributed by atoms with Crippen molar-refractivity contribution in [3.63, 3.8) is 0 Å². The van der Waals surface area contributed by atoms with Crippen molar-refractivity contribution in [2.24, 2.45) is 5.73 Å². The Labute approximate surface area is 87.2 Å². The molecule has 2 N–H and O–H groups in total. The smallest absolute Gasteiger partial charge is 0.122 e. The molecule has 0 amide bonds. The number of hydrogen-bond donors (Lipinski definition) is 1. The van der Waals surface area contributed by atoms with Gasteiger partial charge in [0.05, 0.1) is 6.54 Å². The number of nitrogens with two attached hydrogens (primary N) is 1. The van der Waals surface area contributed by atoms with Crippen LogP contribution in [-0.2, 0) is 13.1 Å². The molecule has 0 aliphatic carbocycles. The molecule has 0 radical (unpaired) electrons. The summed E-state index contributed by atoms with van der Waals surface area (Å²) in [7, 11) is 0. The Morgan fingerprint density at radius 1 is 1.57 bits per heavy atom. The second kappa shape index (κ2) is 3.94. The summed E-state index contributed by atoms with van der Waals surface area (Å²) in [5, 5.41) is 2.18. The summed E-state index contributed by atoms with van der Waals surface area (Å²) >= 11 is 1.77. The number of rotatable bonds is 3. The summed E-state index contributed by atoms with van der Waals surface area (Å²) in [6, 6.07) is 2.20. The van der Waals surface area contributed by atoms with Crippen LogP contribution >= 0.6 is 11.3 Å². The van der Waals surface area contributed by atoms with Crippen molar-refractivity contribution < 1.29 is 0 Å². The van der Waals surface area contributed by atoms with Gasteiger partial charge in [-0.1, -0.05) is 0 Å². The average Bonchev–Trinajstić information content (AvgIpc) is 2.76. The molecule has 0 unspecified atom stereocenters. The topological polar surface area (TPSA) is 43.8 Å². The van der Waals surface area contributed by atoms with Crippen LogP contribution < -0.4 is 5.73 Å². The summed E-state index contributed by atoms with van der Waals surface area (Å²) in [5.74, 6) is 0.939. The van der Waals surface area contributed by atoms with Gasteiger partial charge in [-0.3, -0.25) is 0 Å². The third-order valence-corrected chi connectivity index (χ3v) is 3.03. The number of aromatic nitrogens is 2. The largest absolute Gasteiger partial charge is 0.329 e. The maximum absolute atomic E-state index is 5.57. The van der Waals surface area contributed by atoms with Crippen LogP contribution in [-0.4, -0.2) is 9.55 Å². The highest BCUT2D eigenvalue weighted by Crippen LogP contribution is 2.14. The first kappa shape index (κ1) is 9.43. The minimum absolute atomic E-state index is 0.496. The molecule has 0 fully saturated rings. The van der Waals surface area contributed by atoms with Crippen LogP contribution in [0.4, 0.5) is 0 Å². The van der Waals surface area contributed by atoms with E-state index in [0.29, 0.717) is 6.54 Å². The first-order valence-corrected chi connectivity index (χ1v) is 5.41. The standard InChI is InChI=1S/C10H13N3S/c1-8-4-9(7-14-8)6-13-3-2-12-10(13)5-11/h2-4,7H,5-6,11H2,1H3. The first-order chi connectivity index (χ1) is 6.79. The van der Waals surface area contributed by atoms with Crippen LogP contribution in [0.25, 0.3) is 0 Å². The fraction of sp³-hybridized carbons (Fsp3) is 0.300. The van der Waals surface area contributed by atoms with Crippen molar-refractivity contribution in [3.05, 3.63) is 40.1 Å². The average molecular weight is 207 g/mol. The predicted octanol–water partition coefficient (Wildman–Crippen LogP) is 1.76. The SMILES string of the molecule is Cc1cc(Cn2ccnc2CN)cs1. The predicted molar refractivity (Wildman–Crippen MR) is 58.3 cm³/mol. The lowest BCUT2D eigenvalue weighted by molar-refractivity contribution is 0.725. The van der Waals surface area contributed by atoms with E-state index in [1.807, 2.05) is 6.20 Å². The summed E-state index contributed by atoms with van der Waals surface area (Å²) < 4.78 is 2.08. The molecular weight excluding hydrogens is 194 g/mol. The van der Waals surface area contributed by atoms with Gasteiger partial charge in [0, 0.05) is 23.8 Å². The third kappa shape index (κ3) is 1.86. The quantitative estimate of drug-likeness (QED) is 0.833. The van der Waals surface area contributed by atoms with Gasteiger partial charge in [0.25, 0.3) is 0 Å². The lowest BCUT2D eigenvalue weighted by Gasteiger charge is -2.03. The molecule has 0 saturated heterocycles. The summed E-state index contributed by atoms with van der Waals surface area (Å²) in [5.41, 5.74) is 6.89. The van der Waals surface area contributed by atoms with Gasteiger partial charge >= 0.3 is 0 Å². The number of imidazole rings is 1. The van der Waals surface area contributed by atoms with Gasteiger partial charge in [0.2, 0.25) is 0 Å². The number of hydrogen-bond acceptors (Lipinski definition) is 3. The third-order valence-electron chi connectivity index (χ3n) is 2.12. The molecule has 0 spiro atoms. The zero-order valence-corrected chi connectivity index (χ0v) is 8.92. The van der Waals surface area contributed by atoms with Crippen LogP contribution in [0.5, 0.6) is 0 Å². The molecular formula is C10H13N3S. The molecule has 0 aliphatic rings. The van der Waals surface area contributed by atoms with Crippen LogP contribution in [0.2, 0.25) is 0 Å². The van der Waals surface area contributed by atoms with Gasteiger partial charge in [-0.2, -0.15) is 0 Å². The minimum Gasteiger partial charge on any atom is -0.329 e. The first-order valence-electron chi connectivity index (χ1n) is 4.53. The Balaban J connectivity index is 2.18. The Kier molecular flexibility index (Phi) is 2.65. The fourth-order valence-corrected chi connectivity index (χ4v) is 2.15. The summed E-state index contributed by atoms with van der Waals surface area (Å²) in [6.07, 6.45) is 3.76. The maximum Gasteiger partial charge on any atom is 0.122 e. The van der Waals surface area contributed by atoms with Crippen molar-refractivity contribution in [2.45, 2.75) is 20.0 Å². The van der Waals surface area contributed by atoms with E-state index < -0.39 is 0 Å². The van der Waals surface area contributed by atoms with Gasteiger partial charge in [0.15, 0.2) is 0 Å². The Hall–Kier alpha value is -1.13. The van der Waals surface area contributed by atoms with E-state index in [1.54, 1.807) is 17.5 Å². The second-order valence-corrected chi connectivity index (χ2v) is 4.36. The van der Waals surface area contributed by atoms with Crippen molar-refractivity contribution in [1.82, 2.24) is 9.55 Å². The van der Waals surface area contributed by atoms with E-state index in [9.17, 15) is 0 Å². The Bertz CT molecular complexity index is 416. The monoisotopic (exact) mass is 207 g/mol. The molecule has 0 atom stereocenters. The van der Waals surface area contributed by atoms with Crippen LogP contribution in [0.1, 0.15) is 16.3 Å². The molecule has 2 rings (SSSR count). The Morgan fingerprint density at radius 2 is 2.43 bits per heavy atom. The zero-order chi connectivity index (χ0) is 9.97. The van der Waals surface area contributed by atoms with Crippen LogP contribution in [0.15, 0.2) is 23.8 Å². The van der Waals surface area contributed by atoms with Crippen molar-refractivity contribution in [1.29, 1.82) is 0 Å². The van der Waals surface area contributed by atoms with Crippen molar-refractivity contribution >= 4 is 11.3 Å². The number of aryl methyl sites for hydroxylation is 1. The van der Waals surface area contributed by atoms with E-state index >= 15 is 0 Å². The Morgan fingerprint density at radius 3 is 3.07 bits per heavy atom. The zero-order valence-electron chi connectivity index (χ0n) is 8.10.